The molecule has 1 aromatic rings. The molecule has 2 aliphatic rings. The summed E-state index contributed by atoms with van der Waals surface area (Å²) in [6.45, 7) is -0.422. The quantitative estimate of drug-likeness (QED) is 0.186. The topological polar surface area (TPSA) is 167 Å². The zero-order chi connectivity index (χ0) is 19.6. The first-order chi connectivity index (χ1) is 12.9. The van der Waals surface area contributed by atoms with Crippen molar-refractivity contribution in [2.45, 2.75) is 11.4 Å². The van der Waals surface area contributed by atoms with Gasteiger partial charge < -0.3 is 26.1 Å². The zero-order valence-corrected chi connectivity index (χ0v) is 15.3. The number of nitrogens with zero attached hydrogens (tertiary/aromatic N) is 3. The van der Waals surface area contributed by atoms with Crippen LogP contribution in [0.4, 0.5) is 5.13 Å². The fourth-order valence-electron chi connectivity index (χ4n) is 2.50. The number of nitrogens with two attached hydrogens (primary N) is 1. The van der Waals surface area contributed by atoms with E-state index < -0.39 is 29.2 Å². The van der Waals surface area contributed by atoms with Gasteiger partial charge in [-0.1, -0.05) is 5.16 Å². The molecule has 0 radical (unpaired) electrons. The molecular formula is C14H15N5O6S2. The maximum Gasteiger partial charge on any atom is 0.352 e. The number of nitrogens with one attached hydrogen (secondary N) is 1. The molecule has 0 bridgehead atoms. The van der Waals surface area contributed by atoms with Crippen molar-refractivity contribution in [2.75, 3.05) is 24.7 Å². The van der Waals surface area contributed by atoms with Gasteiger partial charge in [0.25, 0.3) is 11.8 Å². The van der Waals surface area contributed by atoms with E-state index in [0.29, 0.717) is 5.75 Å². The van der Waals surface area contributed by atoms with Crippen LogP contribution in [0, 0.1) is 0 Å². The average molecular weight is 413 g/mol. The molecular weight excluding hydrogens is 398 g/mol. The second-order valence-corrected chi connectivity index (χ2v) is 7.38. The molecule has 0 saturated carbocycles. The number of oxime groups is 1. The van der Waals surface area contributed by atoms with Crippen molar-refractivity contribution in [3.8, 4) is 0 Å². The van der Waals surface area contributed by atoms with Crippen LogP contribution in [-0.2, 0) is 19.2 Å². The Morgan fingerprint density at radius 2 is 2.30 bits per heavy atom. The van der Waals surface area contributed by atoms with Crippen LogP contribution in [0.5, 0.6) is 0 Å². The predicted octanol–water partition coefficient (Wildman–Crippen LogP) is -1.19. The van der Waals surface area contributed by atoms with Gasteiger partial charge in [-0.05, 0) is 6.08 Å². The molecule has 1 fully saturated rings. The number of carbonyl (C=O) groups excluding carboxylic acids is 2. The standard InChI is InChI=1S/C14H15N5O6S2/c15-14-16-6(5-27-14)8(18-25-3-2-20)10(21)17-9-11(22)19-7(13(23)24)1-4-26-12(9)19/h1,5,9,12,20H,2-4H2,(H2,15,16)(H,17,21)(H,23,24)/b18-8-/t9-,12+/m1/s1. The number of thioether (sulfide) groups is 1. The number of aliphatic hydroxyl groups excluding tert-OH is 1. The van der Waals surface area contributed by atoms with Crippen molar-refractivity contribution in [3.05, 3.63) is 22.8 Å². The molecule has 144 valence electrons. The lowest BCUT2D eigenvalue weighted by molar-refractivity contribution is -0.150. The molecule has 2 amide bonds. The number of aliphatic carboxylic acids is 1. The lowest BCUT2D eigenvalue weighted by atomic mass is 10.0. The Morgan fingerprint density at radius 1 is 1.52 bits per heavy atom. The van der Waals surface area contributed by atoms with Gasteiger partial charge in [0.05, 0.1) is 6.61 Å². The number of carbonyl (C=O) groups is 3. The van der Waals surface area contributed by atoms with Crippen LogP contribution in [0.2, 0.25) is 0 Å². The van der Waals surface area contributed by atoms with Gasteiger partial charge in [-0.2, -0.15) is 0 Å². The van der Waals surface area contributed by atoms with Gasteiger partial charge in [0.15, 0.2) is 10.8 Å². The summed E-state index contributed by atoms with van der Waals surface area (Å²) < 4.78 is 0. The molecule has 0 aromatic carbocycles. The van der Waals surface area contributed by atoms with Gasteiger partial charge in [-0.15, -0.1) is 23.1 Å². The van der Waals surface area contributed by atoms with E-state index in [9.17, 15) is 19.5 Å². The summed E-state index contributed by atoms with van der Waals surface area (Å²) in [4.78, 5) is 46.1. The monoisotopic (exact) mass is 413 g/mol. The number of carboxylic acid groups (broad SMARTS) is 1. The number of amides is 2. The third kappa shape index (κ3) is 3.74. The molecule has 5 N–H and O–H groups in total. The van der Waals surface area contributed by atoms with Gasteiger partial charge in [-0.3, -0.25) is 14.5 Å². The lowest BCUT2D eigenvalue weighted by Gasteiger charge is -2.48. The Balaban J connectivity index is 1.75. The van der Waals surface area contributed by atoms with Crippen molar-refractivity contribution in [1.82, 2.24) is 15.2 Å². The van der Waals surface area contributed by atoms with E-state index in [1.165, 1.54) is 23.2 Å². The number of nitrogen functional groups attached to an aromatic ring is 1. The van der Waals surface area contributed by atoms with Gasteiger partial charge >= 0.3 is 5.97 Å². The summed E-state index contributed by atoms with van der Waals surface area (Å²) in [5, 5.41) is 25.4. The SMILES string of the molecule is Nc1nc(/C(=N/OCCO)C(=O)N[C@@H]2C(=O)N3C(C(=O)O)=CCS[C@@H]23)cs1. The molecule has 27 heavy (non-hydrogen) atoms. The minimum Gasteiger partial charge on any atom is -0.477 e. The summed E-state index contributed by atoms with van der Waals surface area (Å²) in [7, 11) is 0. The highest BCUT2D eigenvalue weighted by Crippen LogP contribution is 2.37. The maximum atomic E-state index is 12.6. The summed E-state index contributed by atoms with van der Waals surface area (Å²) in [6, 6.07) is -0.899. The zero-order valence-electron chi connectivity index (χ0n) is 13.7. The molecule has 11 nitrogen and oxygen atoms in total. The van der Waals surface area contributed by atoms with E-state index in [1.54, 1.807) is 0 Å². The molecule has 3 heterocycles. The molecule has 0 unspecified atom stereocenters. The van der Waals surface area contributed by atoms with Crippen LogP contribution in [0.1, 0.15) is 5.69 Å². The fourth-order valence-corrected chi connectivity index (χ4v) is 4.24. The summed E-state index contributed by atoms with van der Waals surface area (Å²) in [5.74, 6) is -2.03. The van der Waals surface area contributed by atoms with Crippen molar-refractivity contribution in [2.24, 2.45) is 5.16 Å². The fraction of sp³-hybridized carbons (Fsp3) is 0.357. The van der Waals surface area contributed by atoms with E-state index in [1.807, 2.05) is 0 Å². The summed E-state index contributed by atoms with van der Waals surface area (Å²) in [6.07, 6.45) is 1.45. The highest BCUT2D eigenvalue weighted by molar-refractivity contribution is 8.00. The molecule has 2 aliphatic heterocycles. The van der Waals surface area contributed by atoms with Gasteiger partial charge in [0.2, 0.25) is 0 Å². The first-order valence-corrected chi connectivity index (χ1v) is 9.58. The number of fused-ring (bicyclic) bond motifs is 1. The second kappa shape index (κ2) is 7.94. The Kier molecular flexibility index (Phi) is 5.62. The van der Waals surface area contributed by atoms with E-state index in [2.05, 4.69) is 15.5 Å². The van der Waals surface area contributed by atoms with Crippen molar-refractivity contribution in [1.29, 1.82) is 0 Å². The number of rotatable bonds is 7. The largest absolute Gasteiger partial charge is 0.477 e. The Labute approximate surface area is 160 Å². The summed E-state index contributed by atoms with van der Waals surface area (Å²) in [5.41, 5.74) is 5.45. The third-order valence-corrected chi connectivity index (χ3v) is 5.53. The van der Waals surface area contributed by atoms with E-state index in [-0.39, 0.29) is 35.4 Å². The van der Waals surface area contributed by atoms with Crippen LogP contribution in [0.3, 0.4) is 0 Å². The number of anilines is 1. The van der Waals surface area contributed by atoms with Crippen LogP contribution in [0.15, 0.2) is 22.3 Å². The highest BCUT2D eigenvalue weighted by atomic mass is 32.2. The van der Waals surface area contributed by atoms with Crippen molar-refractivity contribution >= 4 is 51.7 Å². The summed E-state index contributed by atoms with van der Waals surface area (Å²) >= 11 is 2.43. The van der Waals surface area contributed by atoms with E-state index in [0.717, 1.165) is 16.2 Å². The number of carboxylic acids is 1. The Morgan fingerprint density at radius 3 is 2.93 bits per heavy atom. The number of thiazole rings is 1. The molecule has 1 saturated heterocycles. The first-order valence-electron chi connectivity index (χ1n) is 7.65. The smallest absolute Gasteiger partial charge is 0.352 e. The Hall–Kier alpha value is -2.64. The number of β-lactam (4-membered cyclic amide) rings is 1. The average Bonchev–Trinajstić information content (AvgIpc) is 3.08. The van der Waals surface area contributed by atoms with Gasteiger partial charge in [0.1, 0.15) is 29.4 Å². The minimum absolute atomic E-state index is 0.0957. The molecule has 0 spiro atoms. The van der Waals surface area contributed by atoms with E-state index >= 15 is 0 Å². The minimum atomic E-state index is -1.20. The van der Waals surface area contributed by atoms with Crippen LogP contribution < -0.4 is 11.1 Å². The van der Waals surface area contributed by atoms with Gasteiger partial charge in [-0.25, -0.2) is 9.78 Å². The molecule has 1 aromatic heterocycles. The van der Waals surface area contributed by atoms with Gasteiger partial charge in [0, 0.05) is 11.1 Å². The third-order valence-electron chi connectivity index (χ3n) is 3.67. The normalized spacial score (nSPS) is 21.8. The van der Waals surface area contributed by atoms with E-state index in [4.69, 9.17) is 15.7 Å². The molecule has 0 aliphatic carbocycles. The Bertz CT molecular complexity index is 838. The number of aromatic nitrogens is 1. The maximum absolute atomic E-state index is 12.6. The first kappa shape index (κ1) is 19.1. The second-order valence-electron chi connectivity index (χ2n) is 5.35. The predicted molar refractivity (Wildman–Crippen MR) is 96.8 cm³/mol. The van der Waals surface area contributed by atoms with Crippen LogP contribution in [-0.4, -0.2) is 74.0 Å². The van der Waals surface area contributed by atoms with Crippen LogP contribution >= 0.6 is 23.1 Å². The number of aliphatic hydroxyl groups is 1. The number of hydrogen-bond acceptors (Lipinski definition) is 10. The van der Waals surface area contributed by atoms with Crippen LogP contribution in [0.25, 0.3) is 0 Å². The molecule has 13 heteroatoms. The van der Waals surface area contributed by atoms with Crippen molar-refractivity contribution in [3.63, 3.8) is 0 Å². The molecule has 2 atom stereocenters. The number of hydrogen-bond donors (Lipinski definition) is 4. The van der Waals surface area contributed by atoms with Crippen molar-refractivity contribution < 1.29 is 29.4 Å². The lowest BCUT2D eigenvalue weighted by Crippen LogP contribution is -2.70. The highest BCUT2D eigenvalue weighted by Gasteiger charge is 2.53. The molecule has 3 rings (SSSR count).